The minimum Gasteiger partial charge on any atom is -0.326 e. The van der Waals surface area contributed by atoms with Gasteiger partial charge in [-0.2, -0.15) is 5.10 Å². The molecule has 0 aliphatic carbocycles. The fraction of sp³-hybridized carbons (Fsp3) is 0.214. The van der Waals surface area contributed by atoms with E-state index in [1.807, 2.05) is 13.0 Å². The van der Waals surface area contributed by atoms with E-state index in [-0.39, 0.29) is 11.8 Å². The molecule has 0 fully saturated rings. The van der Waals surface area contributed by atoms with Crippen molar-refractivity contribution < 1.29 is 9.59 Å². The molecule has 104 valence electrons. The van der Waals surface area contributed by atoms with Gasteiger partial charge in [-0.15, -0.1) is 0 Å². The third kappa shape index (κ3) is 3.23. The summed E-state index contributed by atoms with van der Waals surface area (Å²) in [5, 5.41) is 9.44. The van der Waals surface area contributed by atoms with Crippen LogP contribution in [0.4, 0.5) is 11.4 Å². The topological polar surface area (TPSA) is 76.0 Å². The second-order valence-electron chi connectivity index (χ2n) is 4.57. The lowest BCUT2D eigenvalue weighted by Crippen LogP contribution is -2.12. The van der Waals surface area contributed by atoms with E-state index in [0.717, 1.165) is 5.56 Å². The number of anilines is 2. The lowest BCUT2D eigenvalue weighted by Gasteiger charge is -2.10. The summed E-state index contributed by atoms with van der Waals surface area (Å²) in [7, 11) is 1.75. The van der Waals surface area contributed by atoms with Crippen molar-refractivity contribution in [2.45, 2.75) is 13.8 Å². The summed E-state index contributed by atoms with van der Waals surface area (Å²) in [5.41, 5.74) is 2.71. The van der Waals surface area contributed by atoms with Crippen molar-refractivity contribution in [1.82, 2.24) is 9.78 Å². The Kier molecular flexibility index (Phi) is 3.84. The molecular weight excluding hydrogens is 256 g/mol. The van der Waals surface area contributed by atoms with E-state index in [1.54, 1.807) is 30.1 Å². The van der Waals surface area contributed by atoms with Crippen LogP contribution in [0.1, 0.15) is 22.8 Å². The van der Waals surface area contributed by atoms with Gasteiger partial charge in [-0.25, -0.2) is 0 Å². The van der Waals surface area contributed by atoms with Crippen LogP contribution in [0.2, 0.25) is 0 Å². The quantitative estimate of drug-likeness (QED) is 0.896. The zero-order valence-corrected chi connectivity index (χ0v) is 11.6. The van der Waals surface area contributed by atoms with Crippen LogP contribution in [0.25, 0.3) is 0 Å². The van der Waals surface area contributed by atoms with Gasteiger partial charge in [0.2, 0.25) is 5.91 Å². The predicted molar refractivity (Wildman–Crippen MR) is 76.6 cm³/mol. The zero-order valence-electron chi connectivity index (χ0n) is 11.6. The molecule has 2 aromatic rings. The molecule has 2 amide bonds. The third-order valence-electron chi connectivity index (χ3n) is 2.77. The highest BCUT2D eigenvalue weighted by molar-refractivity contribution is 6.04. The molecule has 6 nitrogen and oxygen atoms in total. The summed E-state index contributed by atoms with van der Waals surface area (Å²) in [4.78, 5) is 23.1. The number of amides is 2. The van der Waals surface area contributed by atoms with E-state index in [2.05, 4.69) is 15.7 Å². The number of carbonyl (C=O) groups is 2. The van der Waals surface area contributed by atoms with Crippen LogP contribution in [0.3, 0.4) is 0 Å². The van der Waals surface area contributed by atoms with Gasteiger partial charge in [0.15, 0.2) is 0 Å². The Bertz CT molecular complexity index is 661. The zero-order chi connectivity index (χ0) is 14.7. The van der Waals surface area contributed by atoms with Crippen LogP contribution in [0.15, 0.2) is 30.6 Å². The van der Waals surface area contributed by atoms with E-state index < -0.39 is 0 Å². The van der Waals surface area contributed by atoms with Crippen LogP contribution < -0.4 is 10.6 Å². The summed E-state index contributed by atoms with van der Waals surface area (Å²) < 4.78 is 1.56. The largest absolute Gasteiger partial charge is 0.326 e. The van der Waals surface area contributed by atoms with Crippen molar-refractivity contribution in [3.05, 3.63) is 41.7 Å². The molecule has 0 aliphatic rings. The van der Waals surface area contributed by atoms with Gasteiger partial charge < -0.3 is 10.6 Å². The molecule has 6 heteroatoms. The van der Waals surface area contributed by atoms with Gasteiger partial charge in [0.1, 0.15) is 0 Å². The number of hydrogen-bond acceptors (Lipinski definition) is 3. The standard InChI is InChI=1S/C14H16N4O2/c1-9-4-5-12(6-13(9)16-10(2)19)17-14(20)11-7-15-18(3)8-11/h4-8H,1-3H3,(H,16,19)(H,17,20). The van der Waals surface area contributed by atoms with Crippen molar-refractivity contribution in [3.8, 4) is 0 Å². The molecule has 0 radical (unpaired) electrons. The van der Waals surface area contributed by atoms with Gasteiger partial charge in [-0.1, -0.05) is 6.07 Å². The van der Waals surface area contributed by atoms with Gasteiger partial charge in [0.25, 0.3) is 5.91 Å². The SMILES string of the molecule is CC(=O)Nc1cc(NC(=O)c2cnn(C)c2)ccc1C. The van der Waals surface area contributed by atoms with Crippen LogP contribution in [-0.2, 0) is 11.8 Å². The number of hydrogen-bond donors (Lipinski definition) is 2. The Labute approximate surface area is 116 Å². The maximum Gasteiger partial charge on any atom is 0.258 e. The normalized spacial score (nSPS) is 10.2. The number of nitrogens with one attached hydrogen (secondary N) is 2. The van der Waals surface area contributed by atoms with Gasteiger partial charge in [-0.05, 0) is 24.6 Å². The average molecular weight is 272 g/mol. The van der Waals surface area contributed by atoms with Crippen molar-refractivity contribution in [2.24, 2.45) is 7.05 Å². The Morgan fingerprint density at radius 2 is 2.00 bits per heavy atom. The molecule has 1 heterocycles. The number of rotatable bonds is 3. The summed E-state index contributed by atoms with van der Waals surface area (Å²) in [6.07, 6.45) is 3.14. The predicted octanol–water partition coefficient (Wildman–Crippen LogP) is 1.94. The molecule has 1 aromatic heterocycles. The van der Waals surface area contributed by atoms with E-state index in [0.29, 0.717) is 16.9 Å². The first kappa shape index (κ1) is 13.8. The van der Waals surface area contributed by atoms with Crippen LogP contribution >= 0.6 is 0 Å². The highest BCUT2D eigenvalue weighted by Gasteiger charge is 2.09. The molecule has 0 bridgehead atoms. The fourth-order valence-electron chi connectivity index (χ4n) is 1.77. The summed E-state index contributed by atoms with van der Waals surface area (Å²) >= 11 is 0. The number of nitrogens with zero attached hydrogens (tertiary/aromatic N) is 2. The second kappa shape index (κ2) is 5.56. The van der Waals surface area contributed by atoms with E-state index in [4.69, 9.17) is 0 Å². The third-order valence-corrected chi connectivity index (χ3v) is 2.77. The number of aryl methyl sites for hydroxylation is 2. The first-order chi connectivity index (χ1) is 9.45. The minimum absolute atomic E-state index is 0.149. The van der Waals surface area contributed by atoms with Crippen LogP contribution in [0, 0.1) is 6.92 Å². The molecule has 0 spiro atoms. The summed E-state index contributed by atoms with van der Waals surface area (Å²) in [6, 6.07) is 5.35. The number of benzene rings is 1. The van der Waals surface area contributed by atoms with Crippen LogP contribution in [0.5, 0.6) is 0 Å². The summed E-state index contributed by atoms with van der Waals surface area (Å²) in [6.45, 7) is 3.33. The van der Waals surface area contributed by atoms with Gasteiger partial charge in [0.05, 0.1) is 11.8 Å². The number of carbonyl (C=O) groups excluding carboxylic acids is 2. The molecule has 0 atom stereocenters. The Balaban J connectivity index is 2.17. The van der Waals surface area contributed by atoms with Crippen molar-refractivity contribution in [1.29, 1.82) is 0 Å². The second-order valence-corrected chi connectivity index (χ2v) is 4.57. The maximum absolute atomic E-state index is 12.0. The molecule has 2 N–H and O–H groups in total. The monoisotopic (exact) mass is 272 g/mol. The van der Waals surface area contributed by atoms with Crippen LogP contribution in [-0.4, -0.2) is 21.6 Å². The molecule has 20 heavy (non-hydrogen) atoms. The minimum atomic E-state index is -0.240. The van der Waals surface area contributed by atoms with Gasteiger partial charge in [-0.3, -0.25) is 14.3 Å². The number of aromatic nitrogens is 2. The van der Waals surface area contributed by atoms with E-state index in [9.17, 15) is 9.59 Å². The van der Waals surface area contributed by atoms with E-state index >= 15 is 0 Å². The first-order valence-electron chi connectivity index (χ1n) is 6.14. The molecule has 2 rings (SSSR count). The fourth-order valence-corrected chi connectivity index (χ4v) is 1.77. The maximum atomic E-state index is 12.0. The van der Waals surface area contributed by atoms with Crippen molar-refractivity contribution >= 4 is 23.2 Å². The van der Waals surface area contributed by atoms with E-state index in [1.165, 1.54) is 13.1 Å². The Morgan fingerprint density at radius 1 is 1.25 bits per heavy atom. The molecule has 0 aliphatic heterocycles. The molecule has 0 saturated heterocycles. The average Bonchev–Trinajstić information content (AvgIpc) is 2.79. The highest BCUT2D eigenvalue weighted by atomic mass is 16.2. The molecule has 1 aromatic carbocycles. The smallest absolute Gasteiger partial charge is 0.258 e. The molecular formula is C14H16N4O2. The molecule has 0 unspecified atom stereocenters. The van der Waals surface area contributed by atoms with Crippen molar-refractivity contribution in [2.75, 3.05) is 10.6 Å². The summed E-state index contributed by atoms with van der Waals surface area (Å²) in [5.74, 6) is -0.389. The first-order valence-corrected chi connectivity index (χ1v) is 6.14. The lowest BCUT2D eigenvalue weighted by molar-refractivity contribution is -0.114. The Hall–Kier alpha value is -2.63. The highest BCUT2D eigenvalue weighted by Crippen LogP contribution is 2.20. The van der Waals surface area contributed by atoms with Gasteiger partial charge in [0, 0.05) is 31.5 Å². The Morgan fingerprint density at radius 3 is 2.60 bits per heavy atom. The molecule has 0 saturated carbocycles. The lowest BCUT2D eigenvalue weighted by atomic mass is 10.1. The van der Waals surface area contributed by atoms with Crippen molar-refractivity contribution in [3.63, 3.8) is 0 Å². The van der Waals surface area contributed by atoms with Gasteiger partial charge >= 0.3 is 0 Å².